The second-order valence-corrected chi connectivity index (χ2v) is 9.78. The van der Waals surface area contributed by atoms with Crippen LogP contribution in [0.2, 0.25) is 0 Å². The predicted octanol–water partition coefficient (Wildman–Crippen LogP) is 11.1. The molecule has 1 N–H and O–H groups in total. The normalized spacial score (nSPS) is 10.4. The third-order valence-corrected chi connectivity index (χ3v) is 6.35. The van der Waals surface area contributed by atoms with Crippen molar-refractivity contribution in [3.63, 3.8) is 0 Å². The van der Waals surface area contributed by atoms with E-state index in [4.69, 9.17) is 5.11 Å². The van der Waals surface area contributed by atoms with E-state index in [0.717, 1.165) is 19.3 Å². The zero-order valence-corrected chi connectivity index (χ0v) is 26.1. The molecule has 0 saturated heterocycles. The van der Waals surface area contributed by atoms with Crippen molar-refractivity contribution < 1.29 is 29.4 Å². The number of carboxylic acid groups (broad SMARTS) is 1. The summed E-state index contributed by atoms with van der Waals surface area (Å²) in [4.78, 5) is 10.3. The molecule has 0 amide bonds. The first-order valence-corrected chi connectivity index (χ1v) is 14.7. The molecule has 0 atom stereocenters. The summed E-state index contributed by atoms with van der Waals surface area (Å²) in [6.45, 7) is 8.39. The molecular weight excluding hydrogens is 458 g/mol. The Morgan fingerprint density at radius 3 is 0.970 bits per heavy atom. The number of rotatable bonds is 25. The standard InChI is InChI=1S/C18H36O2.C12H25.Zn/c1-2-3-4-5-6-7-8-9-10-11-12-13-14-15-16-17-18(19)20;1-3-5-7-9-11-12-10-8-6-4-2;/h2-17H2,1H3,(H,19,20);1,3-12H2,2H3;/q;-1;. The monoisotopic (exact) mass is 517 g/mol. The van der Waals surface area contributed by atoms with E-state index in [1.807, 2.05) is 0 Å². The van der Waals surface area contributed by atoms with Gasteiger partial charge in [0, 0.05) is 25.9 Å². The minimum absolute atomic E-state index is 0. The summed E-state index contributed by atoms with van der Waals surface area (Å²) in [7, 11) is 0. The number of carboxylic acids is 1. The van der Waals surface area contributed by atoms with Crippen molar-refractivity contribution in [2.24, 2.45) is 0 Å². The molecule has 0 unspecified atom stereocenters. The molecule has 33 heavy (non-hydrogen) atoms. The van der Waals surface area contributed by atoms with E-state index in [2.05, 4.69) is 20.8 Å². The van der Waals surface area contributed by atoms with Crippen molar-refractivity contribution in [2.75, 3.05) is 0 Å². The maximum absolute atomic E-state index is 10.3. The zero-order chi connectivity index (χ0) is 24.0. The smallest absolute Gasteiger partial charge is 0.303 e. The Morgan fingerprint density at radius 2 is 0.727 bits per heavy atom. The fourth-order valence-corrected chi connectivity index (χ4v) is 4.13. The molecule has 0 rings (SSSR count). The summed E-state index contributed by atoms with van der Waals surface area (Å²) in [6, 6.07) is 0. The summed E-state index contributed by atoms with van der Waals surface area (Å²) in [5, 5.41) is 8.52. The van der Waals surface area contributed by atoms with Gasteiger partial charge in [-0.25, -0.2) is 0 Å². The number of aliphatic carboxylic acids is 1. The first kappa shape index (κ1) is 37.6. The molecule has 0 spiro atoms. The van der Waals surface area contributed by atoms with Crippen LogP contribution in [0.25, 0.3) is 0 Å². The van der Waals surface area contributed by atoms with Crippen molar-refractivity contribution in [3.05, 3.63) is 6.92 Å². The number of carbonyl (C=O) groups is 1. The van der Waals surface area contributed by atoms with E-state index < -0.39 is 5.97 Å². The van der Waals surface area contributed by atoms with Crippen molar-refractivity contribution in [3.8, 4) is 0 Å². The van der Waals surface area contributed by atoms with Gasteiger partial charge in [-0.3, -0.25) is 4.79 Å². The zero-order valence-electron chi connectivity index (χ0n) is 23.2. The second kappa shape index (κ2) is 36.7. The molecular formula is C30H61O2Zn-. The van der Waals surface area contributed by atoms with Crippen molar-refractivity contribution in [1.29, 1.82) is 0 Å². The third-order valence-electron chi connectivity index (χ3n) is 6.35. The van der Waals surface area contributed by atoms with Crippen LogP contribution in [0.3, 0.4) is 0 Å². The fraction of sp³-hybridized carbons (Fsp3) is 0.933. The van der Waals surface area contributed by atoms with Crippen molar-refractivity contribution in [2.45, 2.75) is 181 Å². The largest absolute Gasteiger partial charge is 0.481 e. The Morgan fingerprint density at radius 1 is 0.485 bits per heavy atom. The molecule has 0 aromatic carbocycles. The molecule has 0 aliphatic rings. The average molecular weight is 519 g/mol. The molecule has 2 nitrogen and oxygen atoms in total. The van der Waals surface area contributed by atoms with Gasteiger partial charge in [-0.05, 0) is 6.42 Å². The minimum atomic E-state index is -0.653. The van der Waals surface area contributed by atoms with Crippen LogP contribution in [-0.4, -0.2) is 11.1 Å². The molecule has 0 heterocycles. The summed E-state index contributed by atoms with van der Waals surface area (Å²) in [5.74, 6) is -0.653. The molecule has 3 heteroatoms. The molecule has 0 fully saturated rings. The van der Waals surface area contributed by atoms with Crippen LogP contribution in [0.15, 0.2) is 0 Å². The van der Waals surface area contributed by atoms with Gasteiger partial charge in [0.2, 0.25) is 0 Å². The Bertz CT molecular complexity index is 323. The molecule has 0 aliphatic carbocycles. The third kappa shape index (κ3) is 42.7. The molecule has 0 saturated carbocycles. The molecule has 196 valence electrons. The van der Waals surface area contributed by atoms with Crippen LogP contribution >= 0.6 is 0 Å². The van der Waals surface area contributed by atoms with Gasteiger partial charge in [-0.1, -0.05) is 162 Å². The Balaban J connectivity index is -0.000000596. The molecule has 0 aromatic heterocycles. The van der Waals surface area contributed by atoms with E-state index in [1.54, 1.807) is 0 Å². The van der Waals surface area contributed by atoms with Gasteiger partial charge in [0.1, 0.15) is 0 Å². The molecule has 0 aromatic rings. The first-order valence-electron chi connectivity index (χ1n) is 14.7. The summed E-state index contributed by atoms with van der Waals surface area (Å²) in [6.07, 6.45) is 34.1. The minimum Gasteiger partial charge on any atom is -0.481 e. The number of hydrogen-bond acceptors (Lipinski definition) is 1. The van der Waals surface area contributed by atoms with E-state index in [0.29, 0.717) is 6.42 Å². The van der Waals surface area contributed by atoms with Crippen LogP contribution in [0, 0.1) is 6.92 Å². The predicted molar refractivity (Wildman–Crippen MR) is 144 cm³/mol. The molecule has 0 bridgehead atoms. The first-order chi connectivity index (χ1) is 15.7. The Hall–Kier alpha value is 0.0934. The topological polar surface area (TPSA) is 37.3 Å². The van der Waals surface area contributed by atoms with E-state index in [9.17, 15) is 4.79 Å². The van der Waals surface area contributed by atoms with Crippen LogP contribution in [-0.2, 0) is 24.3 Å². The summed E-state index contributed by atoms with van der Waals surface area (Å²) < 4.78 is 0. The van der Waals surface area contributed by atoms with E-state index >= 15 is 0 Å². The SMILES string of the molecule is CCCCCCCCCCCCCCCCCC(=O)O.[CH2-]CCCCCCCCCCC.[Zn]. The van der Waals surface area contributed by atoms with Gasteiger partial charge < -0.3 is 12.0 Å². The van der Waals surface area contributed by atoms with E-state index in [-0.39, 0.29) is 19.5 Å². The van der Waals surface area contributed by atoms with Gasteiger partial charge in [0.05, 0.1) is 0 Å². The maximum atomic E-state index is 10.3. The van der Waals surface area contributed by atoms with E-state index in [1.165, 1.54) is 141 Å². The quantitative estimate of drug-likeness (QED) is 0.0740. The van der Waals surface area contributed by atoms with Gasteiger partial charge in [0.15, 0.2) is 0 Å². The van der Waals surface area contributed by atoms with Crippen molar-refractivity contribution >= 4 is 5.97 Å². The maximum Gasteiger partial charge on any atom is 0.303 e. The summed E-state index contributed by atoms with van der Waals surface area (Å²) >= 11 is 0. The van der Waals surface area contributed by atoms with Crippen LogP contribution in [0.1, 0.15) is 181 Å². The number of unbranched alkanes of at least 4 members (excludes halogenated alkanes) is 23. The Labute approximate surface area is 222 Å². The molecule has 0 aliphatic heterocycles. The Kier molecular flexibility index (Phi) is 41.8. The van der Waals surface area contributed by atoms with Gasteiger partial charge in [-0.2, -0.15) is 6.42 Å². The number of hydrogen-bond donors (Lipinski definition) is 1. The summed E-state index contributed by atoms with van der Waals surface area (Å²) in [5.41, 5.74) is 0. The van der Waals surface area contributed by atoms with Crippen LogP contribution in [0.5, 0.6) is 0 Å². The van der Waals surface area contributed by atoms with Gasteiger partial charge >= 0.3 is 5.97 Å². The van der Waals surface area contributed by atoms with Crippen LogP contribution < -0.4 is 0 Å². The molecule has 0 radical (unpaired) electrons. The van der Waals surface area contributed by atoms with Crippen molar-refractivity contribution in [1.82, 2.24) is 0 Å². The van der Waals surface area contributed by atoms with Gasteiger partial charge in [0.25, 0.3) is 0 Å². The van der Waals surface area contributed by atoms with Crippen LogP contribution in [0.4, 0.5) is 0 Å². The fourth-order valence-electron chi connectivity index (χ4n) is 4.13. The van der Waals surface area contributed by atoms with Gasteiger partial charge in [-0.15, -0.1) is 0 Å². The average Bonchev–Trinajstić information content (AvgIpc) is 2.78. The second-order valence-electron chi connectivity index (χ2n) is 9.78.